The van der Waals surface area contributed by atoms with Crippen LogP contribution in [0.5, 0.6) is 5.75 Å². The number of pyridine rings is 4. The van der Waals surface area contributed by atoms with Crippen molar-refractivity contribution < 1.29 is 13.9 Å². The second kappa shape index (κ2) is 51.7. The van der Waals surface area contributed by atoms with Gasteiger partial charge in [0.1, 0.15) is 5.75 Å². The van der Waals surface area contributed by atoms with E-state index in [9.17, 15) is 0 Å². The lowest BCUT2D eigenvalue weighted by Crippen LogP contribution is -2.19. The van der Waals surface area contributed by atoms with Gasteiger partial charge in [0, 0.05) is 149 Å². The Hall–Kier alpha value is -14.0. The molecule has 19 aromatic rings. The summed E-state index contributed by atoms with van der Waals surface area (Å²) in [5, 5.41) is 13.2. The number of fused-ring (bicyclic) bond motifs is 10. The number of allylic oxidation sites excluding steroid dienone is 5. The highest BCUT2D eigenvalue weighted by molar-refractivity contribution is 7.19. The summed E-state index contributed by atoms with van der Waals surface area (Å²) >= 11 is 3.59. The summed E-state index contributed by atoms with van der Waals surface area (Å²) in [5.41, 5.74) is 24.0. The quantitative estimate of drug-likeness (QED) is 0.161. The summed E-state index contributed by atoms with van der Waals surface area (Å²) in [6.45, 7) is 27.5. The number of ether oxygens (including phenoxy) is 2. The van der Waals surface area contributed by atoms with E-state index in [2.05, 4.69) is 384 Å². The molecule has 1 N–H and O–H groups in total. The minimum atomic E-state index is 0.393. The van der Waals surface area contributed by atoms with E-state index in [1.54, 1.807) is 30.1 Å². The molecule has 0 radical (unpaired) electrons. The highest BCUT2D eigenvalue weighted by atomic mass is 32.1. The van der Waals surface area contributed by atoms with Gasteiger partial charge in [0.05, 0.1) is 43.0 Å². The first kappa shape index (κ1) is 96.6. The van der Waals surface area contributed by atoms with Crippen LogP contribution in [-0.2, 0) is 44.7 Å². The molecule has 0 fully saturated rings. The van der Waals surface area contributed by atoms with Crippen molar-refractivity contribution in [2.75, 3.05) is 13.2 Å². The third kappa shape index (κ3) is 32.7. The number of hydrogen-bond acceptors (Lipinski definition) is 10. The fourth-order valence-electron chi connectivity index (χ4n) is 14.2. The van der Waals surface area contributed by atoms with Gasteiger partial charge < -0.3 is 37.3 Å². The van der Waals surface area contributed by atoms with Crippen molar-refractivity contribution in [3.8, 4) is 5.75 Å². The summed E-state index contributed by atoms with van der Waals surface area (Å²) in [6, 6.07) is 93.7. The van der Waals surface area contributed by atoms with Crippen molar-refractivity contribution in [3.63, 3.8) is 0 Å². The Kier molecular flexibility index (Phi) is 38.4. The maximum Gasteiger partial charge on any atom is 0.122 e. The number of para-hydroxylation sites is 3. The molecule has 1 atom stereocenters. The molecule has 5 aliphatic rings. The first-order valence-corrected chi connectivity index (χ1v) is 46.1. The zero-order chi connectivity index (χ0) is 91.6. The second-order valence-electron chi connectivity index (χ2n) is 32.5. The first-order valence-electron chi connectivity index (χ1n) is 44.3. The fraction of sp³-hybridized carbons (Fsp3) is 0.190. The molecule has 0 bridgehead atoms. The molecule has 14 heteroatoms. The first-order chi connectivity index (χ1) is 63.2. The van der Waals surface area contributed by atoms with Gasteiger partial charge in [-0.3, -0.25) is 19.9 Å². The number of hydrogen-bond donors (Lipinski definition) is 1. The van der Waals surface area contributed by atoms with Crippen LogP contribution in [0, 0.1) is 62.3 Å². The molecular weight excluding hydrogens is 1630 g/mol. The number of aliphatic imine (C=N–C) groups is 1. The number of furan rings is 1. The van der Waals surface area contributed by atoms with E-state index in [-0.39, 0.29) is 0 Å². The number of thiophene rings is 2. The SMILES string of the molecule is CC1=CCN2C=CC=CC2=C1.CC1=Nc2ccccc2C1.CC1Cc2ccccc2CO1.Cc1cc2ccccc2cn1.Cc1cc2ccccc2s1.Cc1cc2ccccn2c1.Cc1cc[nH]c1.Cc1ccc2c(c1)OCCC2.Cc1ccc2ccccc2n1.Cc1cccnc1.Cc1ccoc1.Cc1ccsc1.Cn1cc2ccccc2c1.Cn1ccc2ccccc21. The Labute approximate surface area is 777 Å². The Morgan fingerprint density at radius 1 is 0.515 bits per heavy atom. The van der Waals surface area contributed by atoms with E-state index >= 15 is 0 Å². The number of aromatic nitrogens is 7. The lowest BCUT2D eigenvalue weighted by molar-refractivity contribution is 0.0410. The topological polar surface area (TPSA) is 116 Å². The molecule has 0 spiro atoms. The molecule has 24 rings (SSSR count). The van der Waals surface area contributed by atoms with Crippen molar-refractivity contribution in [3.05, 3.63) is 478 Å². The van der Waals surface area contributed by atoms with Gasteiger partial charge in [-0.2, -0.15) is 11.3 Å². The Morgan fingerprint density at radius 2 is 1.22 bits per heavy atom. The third-order valence-corrected chi connectivity index (χ3v) is 22.8. The fourth-order valence-corrected chi connectivity index (χ4v) is 15.8. The minimum Gasteiger partial charge on any atom is -0.493 e. The molecular formula is C116H123N9O3S2. The summed E-state index contributed by atoms with van der Waals surface area (Å²) in [6.07, 6.45) is 40.9. The smallest absolute Gasteiger partial charge is 0.122 e. The Morgan fingerprint density at radius 3 is 1.88 bits per heavy atom. The van der Waals surface area contributed by atoms with Crippen molar-refractivity contribution in [1.82, 2.24) is 38.4 Å². The number of nitrogens with one attached hydrogen (secondary N) is 1. The molecule has 1 unspecified atom stereocenters. The zero-order valence-corrected chi connectivity index (χ0v) is 79.3. The van der Waals surface area contributed by atoms with E-state index in [0.717, 1.165) is 67.4 Å². The summed E-state index contributed by atoms with van der Waals surface area (Å²) in [4.78, 5) is 23.4. The zero-order valence-electron chi connectivity index (χ0n) is 77.7. The Bertz CT molecular complexity index is 6300. The van der Waals surface area contributed by atoms with Gasteiger partial charge >= 0.3 is 0 Å². The molecule has 12 nitrogen and oxygen atoms in total. The largest absolute Gasteiger partial charge is 0.493 e. The second-order valence-corrected chi connectivity index (χ2v) is 34.6. The minimum absolute atomic E-state index is 0.393. The summed E-state index contributed by atoms with van der Waals surface area (Å²) in [5.74, 6) is 1.09. The van der Waals surface area contributed by atoms with Crippen molar-refractivity contribution in [2.45, 2.75) is 121 Å². The van der Waals surface area contributed by atoms with Gasteiger partial charge in [0.2, 0.25) is 0 Å². The third-order valence-electron chi connectivity index (χ3n) is 21.0. The molecule has 0 amide bonds. The van der Waals surface area contributed by atoms with Gasteiger partial charge in [-0.25, -0.2) is 0 Å². The highest BCUT2D eigenvalue weighted by Crippen LogP contribution is 2.29. The standard InChI is InChI=1S/C10H11N.2C10H9N.2C10H12O.4C9H9N.C9H8S.C6H7N.C5H7N.C5H6O.C5H6S/c1-9-5-7-11-6-3-2-4-10(11)8-9;1-8-6-9-4-2-3-5-10(9)7-11-8;1-8-6-7-9-4-2-3-5-10(9)11-8;1-8-4-5-9-3-2-6-11-10(9)7-8;1-8-6-9-4-2-3-5-10(9)7-11-8;1-10-6-8-4-2-3-5-9(8)7-10;1-8-6-9-4-2-3-5-10(9)7-8;1-10-7-6-8-4-2-3-5-9(8)10;2*1-7-6-8-4-2-3-5-9(8)10-7;1-6-3-2-4-7-5-6;3*1-5-2-3-6-4-5/h2-6,8H,7H2,1H3;2*2-7H,1H3;4-5,7H,2-3,6H2,1H3;2-5,8H,6-7H2,1H3;3*2-7H,1H3;2-5H,6H2,1H3;2-6H,1H3;2-5H,1H3;2-4,6H,1H3;2*2-4H,1H3. The lowest BCUT2D eigenvalue weighted by atomic mass is 10.0. The number of nitrogens with zero attached hydrogens (tertiary/aromatic N) is 8. The van der Waals surface area contributed by atoms with Crippen LogP contribution >= 0.6 is 22.7 Å². The predicted molar refractivity (Wildman–Crippen MR) is 554 cm³/mol. The van der Waals surface area contributed by atoms with Crippen molar-refractivity contribution in [1.29, 1.82) is 0 Å². The van der Waals surface area contributed by atoms with Gasteiger partial charge in [-0.15, -0.1) is 11.3 Å². The van der Waals surface area contributed by atoms with Crippen molar-refractivity contribution >= 4 is 93.0 Å². The van der Waals surface area contributed by atoms with E-state index in [1.165, 1.54) is 137 Å². The molecule has 0 saturated heterocycles. The molecule has 0 saturated carbocycles. The van der Waals surface area contributed by atoms with Crippen LogP contribution in [0.1, 0.15) is 99.1 Å². The van der Waals surface area contributed by atoms with E-state index < -0.39 is 0 Å². The van der Waals surface area contributed by atoms with Crippen LogP contribution < -0.4 is 4.74 Å². The highest BCUT2D eigenvalue weighted by Gasteiger charge is 2.15. The lowest BCUT2D eigenvalue weighted by Gasteiger charge is -2.25. The average Bonchev–Trinajstić information content (AvgIpc) is 1.84. The molecule has 662 valence electrons. The average molecular weight is 1760 g/mol. The van der Waals surface area contributed by atoms with Crippen LogP contribution in [0.2, 0.25) is 0 Å². The van der Waals surface area contributed by atoms with Crippen LogP contribution in [0.4, 0.5) is 5.69 Å². The van der Waals surface area contributed by atoms with Gasteiger partial charge in [0.25, 0.3) is 0 Å². The monoisotopic (exact) mass is 1750 g/mol. The molecule has 0 aliphatic carbocycles. The maximum absolute atomic E-state index is 5.50. The number of benzene rings is 8. The maximum atomic E-state index is 5.50. The number of aromatic amines is 1. The molecule has 16 heterocycles. The molecule has 130 heavy (non-hydrogen) atoms. The van der Waals surface area contributed by atoms with Crippen LogP contribution in [0.25, 0.3) is 59.0 Å². The van der Waals surface area contributed by atoms with E-state index in [1.807, 2.05) is 144 Å². The summed E-state index contributed by atoms with van der Waals surface area (Å²) < 4.78 is 23.4. The van der Waals surface area contributed by atoms with Crippen LogP contribution in [0.15, 0.2) is 416 Å². The molecule has 5 aliphatic heterocycles. The Balaban J connectivity index is 0.000000136. The van der Waals surface area contributed by atoms with Gasteiger partial charge in [-0.05, 0) is 311 Å². The van der Waals surface area contributed by atoms with Crippen LogP contribution in [0.3, 0.4) is 0 Å². The van der Waals surface area contributed by atoms with Crippen LogP contribution in [-0.4, -0.2) is 63.3 Å². The number of aryl methyl sites for hydroxylation is 12. The predicted octanol–water partition coefficient (Wildman–Crippen LogP) is 30.3. The number of H-pyrrole nitrogens is 1. The number of rotatable bonds is 0. The normalized spacial score (nSPS) is 12.8. The molecule has 8 aromatic carbocycles. The summed E-state index contributed by atoms with van der Waals surface area (Å²) in [7, 11) is 4.10. The van der Waals surface area contributed by atoms with Crippen molar-refractivity contribution in [2.24, 2.45) is 19.1 Å². The van der Waals surface area contributed by atoms with E-state index in [0.29, 0.717) is 6.10 Å². The van der Waals surface area contributed by atoms with Gasteiger partial charge in [-0.1, -0.05) is 194 Å². The molecule has 11 aromatic heterocycles. The van der Waals surface area contributed by atoms with Gasteiger partial charge in [0.15, 0.2) is 0 Å². The van der Waals surface area contributed by atoms with E-state index in [4.69, 9.17) is 13.9 Å².